The lowest BCUT2D eigenvalue weighted by molar-refractivity contribution is 0.417. The number of anilines is 2. The molecule has 0 fully saturated rings. The summed E-state index contributed by atoms with van der Waals surface area (Å²) in [7, 11) is 1.64. The second-order valence-electron chi connectivity index (χ2n) is 4.93. The molecular formula is C16H12BrN5OS. The van der Waals surface area contributed by atoms with Crippen molar-refractivity contribution in [2.24, 2.45) is 0 Å². The number of halogens is 1. The van der Waals surface area contributed by atoms with E-state index in [1.165, 1.54) is 11.3 Å². The molecule has 0 atom stereocenters. The van der Waals surface area contributed by atoms with Gasteiger partial charge in [-0.1, -0.05) is 51.5 Å². The number of nitrogens with zero attached hydrogens (tertiary/aromatic N) is 4. The van der Waals surface area contributed by atoms with Gasteiger partial charge >= 0.3 is 0 Å². The minimum atomic E-state index is 0.696. The van der Waals surface area contributed by atoms with Crippen LogP contribution >= 0.6 is 27.3 Å². The molecule has 6 nitrogen and oxygen atoms in total. The number of ether oxygens (including phenoxy) is 1. The predicted octanol–water partition coefficient (Wildman–Crippen LogP) is 4.37. The summed E-state index contributed by atoms with van der Waals surface area (Å²) in [6.45, 7) is 0. The number of nitrogens with one attached hydrogen (secondary N) is 1. The fraction of sp³-hybridized carbons (Fsp3) is 0.0625. The van der Waals surface area contributed by atoms with Gasteiger partial charge in [-0.2, -0.15) is 4.52 Å². The van der Waals surface area contributed by atoms with Crippen molar-refractivity contribution < 1.29 is 4.74 Å². The molecule has 0 unspecified atom stereocenters. The van der Waals surface area contributed by atoms with Crippen LogP contribution in [0.3, 0.4) is 0 Å². The summed E-state index contributed by atoms with van der Waals surface area (Å²) in [5, 5.41) is 17.0. The zero-order chi connectivity index (χ0) is 16.5. The summed E-state index contributed by atoms with van der Waals surface area (Å²) >= 11 is 4.97. The number of rotatable bonds is 4. The molecule has 0 aliphatic carbocycles. The van der Waals surface area contributed by atoms with Crippen molar-refractivity contribution in [1.82, 2.24) is 19.8 Å². The van der Waals surface area contributed by atoms with E-state index in [0.29, 0.717) is 5.82 Å². The smallest absolute Gasteiger partial charge is 0.236 e. The van der Waals surface area contributed by atoms with Crippen LogP contribution in [0, 0.1) is 0 Å². The third-order valence-electron chi connectivity index (χ3n) is 3.45. The number of fused-ring (bicyclic) bond motifs is 1. The second kappa shape index (κ2) is 6.21. The first-order chi connectivity index (χ1) is 11.8. The van der Waals surface area contributed by atoms with E-state index in [2.05, 4.69) is 36.5 Å². The first-order valence-corrected chi connectivity index (χ1v) is 8.74. The Balaban J connectivity index is 1.74. The van der Waals surface area contributed by atoms with Crippen LogP contribution in [0.4, 0.5) is 10.8 Å². The molecule has 0 radical (unpaired) electrons. The van der Waals surface area contributed by atoms with E-state index in [-0.39, 0.29) is 0 Å². The maximum Gasteiger partial charge on any atom is 0.236 e. The summed E-state index contributed by atoms with van der Waals surface area (Å²) in [5.74, 6) is 1.45. The SMILES string of the molecule is COc1ccccc1Nc1nn2c(-c3ccccc3Br)nnc2s1. The van der Waals surface area contributed by atoms with Crippen LogP contribution in [0.15, 0.2) is 53.0 Å². The Labute approximate surface area is 150 Å². The zero-order valence-corrected chi connectivity index (χ0v) is 15.0. The van der Waals surface area contributed by atoms with Gasteiger partial charge < -0.3 is 10.1 Å². The third-order valence-corrected chi connectivity index (χ3v) is 4.96. The van der Waals surface area contributed by atoms with E-state index in [9.17, 15) is 0 Å². The van der Waals surface area contributed by atoms with Crippen LogP contribution in [-0.2, 0) is 0 Å². The van der Waals surface area contributed by atoms with Crippen molar-refractivity contribution >= 4 is 43.0 Å². The fourth-order valence-corrected chi connectivity index (χ4v) is 3.55. The number of para-hydroxylation sites is 2. The Hall–Kier alpha value is -2.45. The standard InChI is InChI=1S/C16H12BrN5OS/c1-23-13-9-5-4-8-12(13)18-15-21-22-14(19-20-16(22)24-15)10-6-2-3-7-11(10)17/h2-9H,1H3,(H,18,21). The molecule has 0 saturated heterocycles. The fourth-order valence-electron chi connectivity index (χ4n) is 2.34. The molecule has 4 rings (SSSR count). The molecule has 0 aliphatic heterocycles. The molecule has 2 heterocycles. The molecule has 24 heavy (non-hydrogen) atoms. The van der Waals surface area contributed by atoms with Crippen molar-refractivity contribution in [1.29, 1.82) is 0 Å². The second-order valence-corrected chi connectivity index (χ2v) is 6.74. The Morgan fingerprint density at radius 3 is 2.71 bits per heavy atom. The van der Waals surface area contributed by atoms with Crippen molar-refractivity contribution in [2.75, 3.05) is 12.4 Å². The van der Waals surface area contributed by atoms with Gasteiger partial charge in [0.2, 0.25) is 10.1 Å². The van der Waals surface area contributed by atoms with Crippen LogP contribution in [0.2, 0.25) is 0 Å². The zero-order valence-electron chi connectivity index (χ0n) is 12.6. The molecule has 0 saturated carbocycles. The number of aromatic nitrogens is 4. The largest absolute Gasteiger partial charge is 0.495 e. The first-order valence-electron chi connectivity index (χ1n) is 7.13. The number of hydrogen-bond acceptors (Lipinski definition) is 6. The monoisotopic (exact) mass is 401 g/mol. The highest BCUT2D eigenvalue weighted by atomic mass is 79.9. The average molecular weight is 402 g/mol. The lowest BCUT2D eigenvalue weighted by atomic mass is 10.2. The highest BCUT2D eigenvalue weighted by Gasteiger charge is 2.15. The Morgan fingerprint density at radius 2 is 1.88 bits per heavy atom. The van der Waals surface area contributed by atoms with Crippen LogP contribution in [-0.4, -0.2) is 26.9 Å². The van der Waals surface area contributed by atoms with Crippen molar-refractivity contribution in [3.8, 4) is 17.1 Å². The minimum Gasteiger partial charge on any atom is -0.495 e. The van der Waals surface area contributed by atoms with E-state index >= 15 is 0 Å². The summed E-state index contributed by atoms with van der Waals surface area (Å²) in [5.41, 5.74) is 1.80. The molecule has 0 aliphatic rings. The van der Waals surface area contributed by atoms with E-state index < -0.39 is 0 Å². The van der Waals surface area contributed by atoms with Gasteiger partial charge in [0.15, 0.2) is 5.82 Å². The molecular weight excluding hydrogens is 390 g/mol. The molecule has 1 N–H and O–H groups in total. The summed E-state index contributed by atoms with van der Waals surface area (Å²) in [6.07, 6.45) is 0. The molecule has 8 heteroatoms. The van der Waals surface area contributed by atoms with Crippen molar-refractivity contribution in [2.45, 2.75) is 0 Å². The molecule has 2 aromatic carbocycles. The molecule has 120 valence electrons. The maximum absolute atomic E-state index is 5.36. The molecule has 0 bridgehead atoms. The van der Waals surface area contributed by atoms with E-state index in [1.807, 2.05) is 48.5 Å². The maximum atomic E-state index is 5.36. The normalized spacial score (nSPS) is 10.9. The van der Waals surface area contributed by atoms with Crippen molar-refractivity contribution in [3.63, 3.8) is 0 Å². The summed E-state index contributed by atoms with van der Waals surface area (Å²) in [6, 6.07) is 15.6. The molecule has 2 aromatic heterocycles. The van der Waals surface area contributed by atoms with Crippen LogP contribution in [0.5, 0.6) is 5.75 Å². The lowest BCUT2D eigenvalue weighted by Crippen LogP contribution is -1.96. The van der Waals surface area contributed by atoms with Crippen LogP contribution in [0.1, 0.15) is 0 Å². The summed E-state index contributed by atoms with van der Waals surface area (Å²) in [4.78, 5) is 0.721. The summed E-state index contributed by atoms with van der Waals surface area (Å²) < 4.78 is 8.04. The van der Waals surface area contributed by atoms with E-state index in [0.717, 1.165) is 31.6 Å². The van der Waals surface area contributed by atoms with Gasteiger partial charge in [-0.05, 0) is 24.3 Å². The molecule has 4 aromatic rings. The average Bonchev–Trinajstić information content (AvgIpc) is 3.16. The first kappa shape index (κ1) is 15.1. The van der Waals surface area contributed by atoms with E-state index in [4.69, 9.17) is 4.74 Å². The third kappa shape index (κ3) is 2.63. The van der Waals surface area contributed by atoms with Crippen LogP contribution < -0.4 is 10.1 Å². The van der Waals surface area contributed by atoms with Gasteiger partial charge in [0, 0.05) is 10.0 Å². The van der Waals surface area contributed by atoms with Crippen LogP contribution in [0.25, 0.3) is 16.3 Å². The van der Waals surface area contributed by atoms with Crippen molar-refractivity contribution in [3.05, 3.63) is 53.0 Å². The molecule has 0 spiro atoms. The minimum absolute atomic E-state index is 0.696. The predicted molar refractivity (Wildman–Crippen MR) is 98.1 cm³/mol. The van der Waals surface area contributed by atoms with Gasteiger partial charge in [0.05, 0.1) is 12.8 Å². The van der Waals surface area contributed by atoms with E-state index in [1.54, 1.807) is 11.6 Å². The Morgan fingerprint density at radius 1 is 1.08 bits per heavy atom. The quantitative estimate of drug-likeness (QED) is 0.549. The Kier molecular flexibility index (Phi) is 3.91. The molecule has 0 amide bonds. The lowest BCUT2D eigenvalue weighted by Gasteiger charge is -2.07. The van der Waals surface area contributed by atoms with Gasteiger partial charge in [0.1, 0.15) is 5.75 Å². The number of benzene rings is 2. The van der Waals surface area contributed by atoms with Gasteiger partial charge in [-0.25, -0.2) is 0 Å². The van der Waals surface area contributed by atoms with Gasteiger partial charge in [-0.15, -0.1) is 15.3 Å². The Bertz CT molecular complexity index is 1010. The van der Waals surface area contributed by atoms with Gasteiger partial charge in [0.25, 0.3) is 0 Å². The number of methoxy groups -OCH3 is 1. The van der Waals surface area contributed by atoms with Gasteiger partial charge in [-0.3, -0.25) is 0 Å². The topological polar surface area (TPSA) is 64.3 Å². The highest BCUT2D eigenvalue weighted by Crippen LogP contribution is 2.32. The highest BCUT2D eigenvalue weighted by molar-refractivity contribution is 9.10. The number of hydrogen-bond donors (Lipinski definition) is 1.